The minimum absolute atomic E-state index is 0.0413. The Kier molecular flexibility index (Phi) is 7.21. The number of aryl methyl sites for hydroxylation is 1. The third kappa shape index (κ3) is 5.15. The average molecular weight is 467 g/mol. The van der Waals surface area contributed by atoms with Crippen LogP contribution < -0.4 is 10.6 Å². The van der Waals surface area contributed by atoms with E-state index in [1.54, 1.807) is 7.11 Å². The van der Waals surface area contributed by atoms with Gasteiger partial charge in [0.15, 0.2) is 0 Å². The second-order valence-electron chi connectivity index (χ2n) is 10.3. The standard InChI is InChI=1S/C27H38N4O3/c1-34-13-5-12-30-17-21(24-8-2-3-9-25(24)30)18-31(23-10-11-23)27(33)20-14-22(16-28-15-20)29-26(32)19-6-4-7-19/h2-3,8-9,17,19-20,22-23,28H,4-7,10-16,18H2,1H3,(H,29,32)/t20-,22?/m0/s1. The van der Waals surface area contributed by atoms with Crippen LogP contribution in [-0.4, -0.2) is 60.2 Å². The van der Waals surface area contributed by atoms with E-state index in [4.69, 9.17) is 4.74 Å². The van der Waals surface area contributed by atoms with Crippen LogP contribution in [-0.2, 0) is 27.4 Å². The first kappa shape index (κ1) is 23.4. The first-order chi connectivity index (χ1) is 16.6. The van der Waals surface area contributed by atoms with E-state index in [-0.39, 0.29) is 29.7 Å². The number of hydrogen-bond donors (Lipinski definition) is 2. The molecule has 2 heterocycles. The Morgan fingerprint density at radius 1 is 1.15 bits per heavy atom. The van der Waals surface area contributed by atoms with Gasteiger partial charge in [-0.3, -0.25) is 9.59 Å². The van der Waals surface area contributed by atoms with Crippen LogP contribution in [0, 0.1) is 11.8 Å². The number of carbonyl (C=O) groups is 2. The quantitative estimate of drug-likeness (QED) is 0.528. The molecule has 1 aromatic heterocycles. The number of benzene rings is 1. The number of para-hydroxylation sites is 1. The molecule has 184 valence electrons. The van der Waals surface area contributed by atoms with Crippen molar-refractivity contribution in [3.8, 4) is 0 Å². The molecule has 2 aromatic rings. The number of carbonyl (C=O) groups excluding carboxylic acids is 2. The second-order valence-corrected chi connectivity index (χ2v) is 10.3. The number of hydrogen-bond acceptors (Lipinski definition) is 4. The van der Waals surface area contributed by atoms with Crippen LogP contribution in [0.2, 0.25) is 0 Å². The molecule has 0 spiro atoms. The summed E-state index contributed by atoms with van der Waals surface area (Å²) in [5, 5.41) is 7.84. The van der Waals surface area contributed by atoms with Crippen molar-refractivity contribution in [1.29, 1.82) is 0 Å². The third-order valence-electron chi connectivity index (χ3n) is 7.75. The Labute approximate surface area is 202 Å². The lowest BCUT2D eigenvalue weighted by atomic mass is 9.84. The van der Waals surface area contributed by atoms with Gasteiger partial charge in [-0.1, -0.05) is 24.6 Å². The van der Waals surface area contributed by atoms with Crippen molar-refractivity contribution in [1.82, 2.24) is 20.1 Å². The Hall–Kier alpha value is -2.38. The van der Waals surface area contributed by atoms with E-state index >= 15 is 0 Å². The number of ether oxygens (including phenoxy) is 1. The zero-order valence-electron chi connectivity index (χ0n) is 20.3. The van der Waals surface area contributed by atoms with Crippen LogP contribution in [0.1, 0.15) is 50.5 Å². The second kappa shape index (κ2) is 10.5. The van der Waals surface area contributed by atoms with Gasteiger partial charge in [-0.25, -0.2) is 0 Å². The molecule has 0 radical (unpaired) electrons. The Morgan fingerprint density at radius 3 is 2.71 bits per heavy atom. The van der Waals surface area contributed by atoms with Crippen molar-refractivity contribution < 1.29 is 14.3 Å². The van der Waals surface area contributed by atoms with Crippen molar-refractivity contribution in [2.75, 3.05) is 26.8 Å². The first-order valence-electron chi connectivity index (χ1n) is 13.0. The van der Waals surface area contributed by atoms with Crippen LogP contribution in [0.4, 0.5) is 0 Å². The molecule has 7 nitrogen and oxygen atoms in total. The maximum Gasteiger partial charge on any atom is 0.227 e. The van der Waals surface area contributed by atoms with Crippen molar-refractivity contribution in [3.05, 3.63) is 36.0 Å². The molecule has 1 aliphatic heterocycles. The van der Waals surface area contributed by atoms with Gasteiger partial charge in [-0.05, 0) is 50.2 Å². The van der Waals surface area contributed by atoms with Crippen LogP contribution >= 0.6 is 0 Å². The summed E-state index contributed by atoms with van der Waals surface area (Å²) >= 11 is 0. The zero-order valence-corrected chi connectivity index (χ0v) is 20.3. The molecule has 3 fully saturated rings. The molecule has 7 heteroatoms. The largest absolute Gasteiger partial charge is 0.385 e. The molecule has 1 aromatic carbocycles. The summed E-state index contributed by atoms with van der Waals surface area (Å²) in [6, 6.07) is 8.87. The lowest BCUT2D eigenvalue weighted by Crippen LogP contribution is -2.54. The van der Waals surface area contributed by atoms with Crippen molar-refractivity contribution >= 4 is 22.7 Å². The highest BCUT2D eigenvalue weighted by atomic mass is 16.5. The van der Waals surface area contributed by atoms with E-state index in [0.29, 0.717) is 19.1 Å². The molecule has 5 rings (SSSR count). The molecule has 34 heavy (non-hydrogen) atoms. The number of nitrogens with one attached hydrogen (secondary N) is 2. The Balaban J connectivity index is 1.28. The van der Waals surface area contributed by atoms with E-state index in [2.05, 4.69) is 50.6 Å². The molecule has 2 saturated carbocycles. The average Bonchev–Trinajstić information content (AvgIpc) is 3.59. The molecule has 1 saturated heterocycles. The minimum atomic E-state index is -0.0870. The van der Waals surface area contributed by atoms with Crippen LogP contribution in [0.5, 0.6) is 0 Å². The fraction of sp³-hybridized carbons (Fsp3) is 0.630. The van der Waals surface area contributed by atoms with Gasteiger partial charge >= 0.3 is 0 Å². The number of methoxy groups -OCH3 is 1. The molecule has 0 bridgehead atoms. The van der Waals surface area contributed by atoms with Crippen molar-refractivity contribution in [3.63, 3.8) is 0 Å². The van der Waals surface area contributed by atoms with E-state index in [1.165, 1.54) is 16.5 Å². The third-order valence-corrected chi connectivity index (χ3v) is 7.75. The number of aromatic nitrogens is 1. The summed E-state index contributed by atoms with van der Waals surface area (Å²) in [4.78, 5) is 28.3. The SMILES string of the molecule is COCCCn1cc(CN(C(=O)[C@@H]2CNCC(NC(=O)C3CCC3)C2)C2CC2)c2ccccc21. The number of piperidine rings is 1. The number of nitrogens with zero attached hydrogens (tertiary/aromatic N) is 2. The molecule has 1 unspecified atom stereocenters. The van der Waals surface area contributed by atoms with Gasteiger partial charge in [-0.2, -0.15) is 0 Å². The lowest BCUT2D eigenvalue weighted by molar-refractivity contribution is -0.138. The molecular formula is C27H38N4O3. The fourth-order valence-corrected chi connectivity index (χ4v) is 5.43. The predicted molar refractivity (Wildman–Crippen MR) is 132 cm³/mol. The summed E-state index contributed by atoms with van der Waals surface area (Å²) in [6.45, 7) is 3.73. The lowest BCUT2D eigenvalue weighted by Gasteiger charge is -2.35. The highest BCUT2D eigenvalue weighted by Crippen LogP contribution is 2.33. The number of rotatable bonds is 10. The first-order valence-corrected chi connectivity index (χ1v) is 13.0. The molecule has 2 N–H and O–H groups in total. The highest BCUT2D eigenvalue weighted by molar-refractivity contribution is 5.85. The predicted octanol–water partition coefficient (Wildman–Crippen LogP) is 3.06. The van der Waals surface area contributed by atoms with Gasteiger partial charge in [0, 0.05) is 75.0 Å². The maximum atomic E-state index is 13.7. The van der Waals surface area contributed by atoms with Crippen LogP contribution in [0.15, 0.2) is 30.5 Å². The molecular weight excluding hydrogens is 428 g/mol. The summed E-state index contributed by atoms with van der Waals surface area (Å²) < 4.78 is 7.54. The molecule has 2 amide bonds. The minimum Gasteiger partial charge on any atom is -0.385 e. The zero-order chi connectivity index (χ0) is 23.5. The van der Waals surface area contributed by atoms with Crippen molar-refractivity contribution in [2.45, 2.75) is 70.1 Å². The molecule has 2 aliphatic carbocycles. The van der Waals surface area contributed by atoms with E-state index in [9.17, 15) is 9.59 Å². The Bertz CT molecular complexity index is 1010. The Morgan fingerprint density at radius 2 is 1.97 bits per heavy atom. The van der Waals surface area contributed by atoms with E-state index < -0.39 is 0 Å². The van der Waals surface area contributed by atoms with Crippen LogP contribution in [0.25, 0.3) is 10.9 Å². The van der Waals surface area contributed by atoms with Gasteiger partial charge in [0.25, 0.3) is 0 Å². The smallest absolute Gasteiger partial charge is 0.227 e. The van der Waals surface area contributed by atoms with Gasteiger partial charge in [0.1, 0.15) is 0 Å². The van der Waals surface area contributed by atoms with E-state index in [1.807, 2.05) is 0 Å². The molecule has 3 aliphatic rings. The van der Waals surface area contributed by atoms with Gasteiger partial charge in [-0.15, -0.1) is 0 Å². The number of amides is 2. The van der Waals surface area contributed by atoms with Gasteiger partial charge in [0.2, 0.25) is 11.8 Å². The highest BCUT2D eigenvalue weighted by Gasteiger charge is 2.38. The van der Waals surface area contributed by atoms with Gasteiger partial charge < -0.3 is 24.8 Å². The van der Waals surface area contributed by atoms with Gasteiger partial charge in [0.05, 0.1) is 5.92 Å². The van der Waals surface area contributed by atoms with Crippen molar-refractivity contribution in [2.24, 2.45) is 11.8 Å². The normalized spacial score (nSPS) is 23.0. The molecule has 2 atom stereocenters. The summed E-state index contributed by atoms with van der Waals surface area (Å²) in [5.41, 5.74) is 2.43. The topological polar surface area (TPSA) is 75.6 Å². The van der Waals surface area contributed by atoms with E-state index in [0.717, 1.165) is 64.6 Å². The summed E-state index contributed by atoms with van der Waals surface area (Å²) in [7, 11) is 1.74. The summed E-state index contributed by atoms with van der Waals surface area (Å²) in [5.74, 6) is 0.497. The monoisotopic (exact) mass is 466 g/mol. The maximum absolute atomic E-state index is 13.7. The van der Waals surface area contributed by atoms with Crippen LogP contribution in [0.3, 0.4) is 0 Å². The summed E-state index contributed by atoms with van der Waals surface area (Å²) in [6.07, 6.45) is 9.24. The number of fused-ring (bicyclic) bond motifs is 1. The fourth-order valence-electron chi connectivity index (χ4n) is 5.43.